The summed E-state index contributed by atoms with van der Waals surface area (Å²) in [5.41, 5.74) is 0. The van der Waals surface area contributed by atoms with Gasteiger partial charge >= 0.3 is 0 Å². The fourth-order valence-corrected chi connectivity index (χ4v) is 3.05. The third-order valence-corrected chi connectivity index (χ3v) is 4.55. The number of carbonyl (C=O) groups excluding carboxylic acids is 2. The Hall–Kier alpha value is -2.08. The second-order valence-electron chi connectivity index (χ2n) is 6.51. The fourth-order valence-electron chi connectivity index (χ4n) is 3.05. The molecule has 0 aliphatic carbocycles. The second kappa shape index (κ2) is 10.8. The predicted molar refractivity (Wildman–Crippen MR) is 100.0 cm³/mol. The molecule has 1 aliphatic rings. The molecule has 2 amide bonds. The first-order chi connectivity index (χ1) is 12.6. The number of nitrogens with one attached hydrogen (secondary N) is 1. The zero-order chi connectivity index (χ0) is 18.8. The Balaban J connectivity index is 1.70. The van der Waals surface area contributed by atoms with Gasteiger partial charge in [0.25, 0.3) is 5.91 Å². The summed E-state index contributed by atoms with van der Waals surface area (Å²) in [5.74, 6) is 0.734. The van der Waals surface area contributed by atoms with E-state index in [-0.39, 0.29) is 17.7 Å². The van der Waals surface area contributed by atoms with Crippen molar-refractivity contribution in [1.29, 1.82) is 0 Å². The number of para-hydroxylation sites is 1. The van der Waals surface area contributed by atoms with Gasteiger partial charge in [-0.2, -0.15) is 0 Å². The van der Waals surface area contributed by atoms with Crippen LogP contribution in [0.25, 0.3) is 0 Å². The number of piperidine rings is 1. The van der Waals surface area contributed by atoms with Crippen molar-refractivity contribution in [3.63, 3.8) is 0 Å². The van der Waals surface area contributed by atoms with Crippen LogP contribution in [0.5, 0.6) is 5.75 Å². The third-order valence-electron chi connectivity index (χ3n) is 4.55. The summed E-state index contributed by atoms with van der Waals surface area (Å²) in [6, 6.07) is 9.35. The molecule has 6 nitrogen and oxygen atoms in total. The Labute approximate surface area is 155 Å². The minimum absolute atomic E-state index is 0.0171. The summed E-state index contributed by atoms with van der Waals surface area (Å²) < 4.78 is 11.0. The molecular weight excluding hydrogens is 332 g/mol. The molecule has 0 radical (unpaired) electrons. The number of benzene rings is 1. The van der Waals surface area contributed by atoms with Crippen molar-refractivity contribution in [2.45, 2.75) is 39.2 Å². The second-order valence-corrected chi connectivity index (χ2v) is 6.51. The van der Waals surface area contributed by atoms with Crippen molar-refractivity contribution in [1.82, 2.24) is 10.2 Å². The monoisotopic (exact) mass is 362 g/mol. The van der Waals surface area contributed by atoms with E-state index >= 15 is 0 Å². The molecule has 1 unspecified atom stereocenters. The van der Waals surface area contributed by atoms with Crippen LogP contribution in [0.3, 0.4) is 0 Å². The summed E-state index contributed by atoms with van der Waals surface area (Å²) in [6.07, 6.45) is 1.69. The van der Waals surface area contributed by atoms with Gasteiger partial charge in [0.2, 0.25) is 5.91 Å². The van der Waals surface area contributed by atoms with Crippen molar-refractivity contribution in [2.24, 2.45) is 5.92 Å². The smallest absolute Gasteiger partial charge is 0.263 e. The molecule has 1 N–H and O–H groups in total. The van der Waals surface area contributed by atoms with Gasteiger partial charge in [0.15, 0.2) is 6.10 Å². The molecule has 0 spiro atoms. The molecule has 0 aromatic heterocycles. The van der Waals surface area contributed by atoms with Crippen LogP contribution in [-0.4, -0.2) is 55.7 Å². The lowest BCUT2D eigenvalue weighted by atomic mass is 9.95. The quantitative estimate of drug-likeness (QED) is 0.684. The molecule has 0 saturated carbocycles. The number of amides is 2. The first-order valence-electron chi connectivity index (χ1n) is 9.47. The molecule has 1 atom stereocenters. The van der Waals surface area contributed by atoms with Gasteiger partial charge in [-0.3, -0.25) is 9.59 Å². The van der Waals surface area contributed by atoms with Crippen molar-refractivity contribution < 1.29 is 19.1 Å². The van der Waals surface area contributed by atoms with Gasteiger partial charge in [-0.15, -0.1) is 0 Å². The minimum Gasteiger partial charge on any atom is -0.481 e. The standard InChI is InChI=1S/C20H30N2O4/c1-3-25-15-7-12-21-19(23)17-10-13-22(14-11-17)20(24)16(2)26-18-8-5-4-6-9-18/h4-6,8-9,16-17H,3,7,10-15H2,1-2H3,(H,21,23). The lowest BCUT2D eigenvalue weighted by molar-refractivity contribution is -0.141. The van der Waals surface area contributed by atoms with Crippen LogP contribution in [0.2, 0.25) is 0 Å². The predicted octanol–water partition coefficient (Wildman–Crippen LogP) is 2.24. The molecule has 2 rings (SSSR count). The lowest BCUT2D eigenvalue weighted by Crippen LogP contribution is -2.47. The van der Waals surface area contributed by atoms with Crippen molar-refractivity contribution in [3.05, 3.63) is 30.3 Å². The van der Waals surface area contributed by atoms with Crippen LogP contribution in [0.15, 0.2) is 30.3 Å². The molecule has 1 aliphatic heterocycles. The van der Waals surface area contributed by atoms with Gasteiger partial charge in [0, 0.05) is 38.8 Å². The zero-order valence-corrected chi connectivity index (χ0v) is 15.8. The molecule has 144 valence electrons. The van der Waals surface area contributed by atoms with Crippen LogP contribution in [0, 0.1) is 5.92 Å². The first kappa shape index (κ1) is 20.2. The Morgan fingerprint density at radius 3 is 2.58 bits per heavy atom. The van der Waals surface area contributed by atoms with E-state index in [1.807, 2.05) is 37.3 Å². The van der Waals surface area contributed by atoms with Crippen molar-refractivity contribution in [3.8, 4) is 5.75 Å². The van der Waals surface area contributed by atoms with E-state index < -0.39 is 6.10 Å². The molecule has 1 saturated heterocycles. The molecule has 26 heavy (non-hydrogen) atoms. The van der Waals surface area contributed by atoms with Gasteiger partial charge in [0.1, 0.15) is 5.75 Å². The highest BCUT2D eigenvalue weighted by atomic mass is 16.5. The number of hydrogen-bond donors (Lipinski definition) is 1. The number of rotatable bonds is 9. The van der Waals surface area contributed by atoms with Crippen LogP contribution in [0.1, 0.15) is 33.1 Å². The lowest BCUT2D eigenvalue weighted by Gasteiger charge is -2.33. The van der Waals surface area contributed by atoms with Crippen LogP contribution < -0.4 is 10.1 Å². The van der Waals surface area contributed by atoms with Gasteiger partial charge < -0.3 is 19.7 Å². The summed E-state index contributed by atoms with van der Waals surface area (Å²) >= 11 is 0. The average Bonchev–Trinajstić information content (AvgIpc) is 2.68. The van der Waals surface area contributed by atoms with E-state index in [4.69, 9.17) is 9.47 Å². The molecule has 1 fully saturated rings. The van der Waals surface area contributed by atoms with E-state index in [0.29, 0.717) is 51.4 Å². The van der Waals surface area contributed by atoms with Crippen molar-refractivity contribution in [2.75, 3.05) is 32.8 Å². The highest BCUT2D eigenvalue weighted by Crippen LogP contribution is 2.19. The molecule has 1 aromatic rings. The SMILES string of the molecule is CCOCCCNC(=O)C1CCN(C(=O)C(C)Oc2ccccc2)CC1. The fraction of sp³-hybridized carbons (Fsp3) is 0.600. The highest BCUT2D eigenvalue weighted by molar-refractivity contribution is 5.82. The summed E-state index contributed by atoms with van der Waals surface area (Å²) in [5, 5.41) is 2.96. The summed E-state index contributed by atoms with van der Waals surface area (Å²) in [6.45, 7) is 6.93. The van der Waals surface area contributed by atoms with Gasteiger partial charge in [-0.25, -0.2) is 0 Å². The van der Waals surface area contributed by atoms with Crippen LogP contribution in [-0.2, 0) is 14.3 Å². The van der Waals surface area contributed by atoms with E-state index in [1.165, 1.54) is 0 Å². The average molecular weight is 362 g/mol. The van der Waals surface area contributed by atoms with Crippen LogP contribution in [0.4, 0.5) is 0 Å². The molecule has 1 heterocycles. The van der Waals surface area contributed by atoms with Crippen LogP contribution >= 0.6 is 0 Å². The van der Waals surface area contributed by atoms with Crippen molar-refractivity contribution >= 4 is 11.8 Å². The molecular formula is C20H30N2O4. The minimum atomic E-state index is -0.527. The number of carbonyl (C=O) groups is 2. The number of hydrogen-bond acceptors (Lipinski definition) is 4. The van der Waals surface area contributed by atoms with E-state index in [1.54, 1.807) is 11.8 Å². The largest absolute Gasteiger partial charge is 0.481 e. The molecule has 6 heteroatoms. The summed E-state index contributed by atoms with van der Waals surface area (Å²) in [4.78, 5) is 26.5. The molecule has 0 bridgehead atoms. The Morgan fingerprint density at radius 1 is 1.23 bits per heavy atom. The Kier molecular flexibility index (Phi) is 8.41. The molecule has 1 aromatic carbocycles. The Bertz CT molecular complexity index is 556. The number of ether oxygens (including phenoxy) is 2. The number of likely N-dealkylation sites (tertiary alicyclic amines) is 1. The topological polar surface area (TPSA) is 67.9 Å². The third kappa shape index (κ3) is 6.33. The Morgan fingerprint density at radius 2 is 1.92 bits per heavy atom. The van der Waals surface area contributed by atoms with E-state index in [0.717, 1.165) is 6.42 Å². The maximum Gasteiger partial charge on any atom is 0.263 e. The van der Waals surface area contributed by atoms with Gasteiger partial charge in [0.05, 0.1) is 0 Å². The highest BCUT2D eigenvalue weighted by Gasteiger charge is 2.29. The van der Waals surface area contributed by atoms with E-state index in [9.17, 15) is 9.59 Å². The van der Waals surface area contributed by atoms with Gasteiger partial charge in [-0.1, -0.05) is 18.2 Å². The normalized spacial score (nSPS) is 16.2. The van der Waals surface area contributed by atoms with Gasteiger partial charge in [-0.05, 0) is 45.2 Å². The van der Waals surface area contributed by atoms with E-state index in [2.05, 4.69) is 5.32 Å². The maximum atomic E-state index is 12.5. The summed E-state index contributed by atoms with van der Waals surface area (Å²) in [7, 11) is 0. The zero-order valence-electron chi connectivity index (χ0n) is 15.8. The number of nitrogens with zero attached hydrogens (tertiary/aromatic N) is 1. The first-order valence-corrected chi connectivity index (χ1v) is 9.47. The maximum absolute atomic E-state index is 12.5.